The van der Waals surface area contributed by atoms with Gasteiger partial charge in [-0.1, -0.05) is 36.4 Å². The second kappa shape index (κ2) is 10.6. The van der Waals surface area contributed by atoms with Crippen LogP contribution in [0.3, 0.4) is 0 Å². The molecule has 0 radical (unpaired) electrons. The van der Waals surface area contributed by atoms with Crippen LogP contribution in [0.15, 0.2) is 91.1 Å². The number of carboxylic acid groups (broad SMARTS) is 1. The van der Waals surface area contributed by atoms with Gasteiger partial charge in [0.2, 0.25) is 0 Å². The van der Waals surface area contributed by atoms with E-state index in [1.54, 1.807) is 54.1 Å². The first-order chi connectivity index (χ1) is 18.8. The molecule has 0 fully saturated rings. The number of ether oxygens (including phenoxy) is 1. The van der Waals surface area contributed by atoms with Gasteiger partial charge in [0.05, 0.1) is 22.9 Å². The fraction of sp³-hybridized carbons (Fsp3) is 0.0938. The number of carbonyl (C=O) groups is 1. The van der Waals surface area contributed by atoms with E-state index in [1.807, 2.05) is 31.2 Å². The lowest BCUT2D eigenvalue weighted by atomic mass is 9.99. The van der Waals surface area contributed by atoms with Gasteiger partial charge >= 0.3 is 5.97 Å². The number of pyridine rings is 1. The highest BCUT2D eigenvalue weighted by Gasteiger charge is 2.15. The number of hydrogen-bond acceptors (Lipinski definition) is 4. The lowest BCUT2D eigenvalue weighted by molar-refractivity contribution is 0.0696. The van der Waals surface area contributed by atoms with Gasteiger partial charge in [0.25, 0.3) is 0 Å². The number of nitrogens with zero attached hydrogens (tertiary/aromatic N) is 3. The lowest BCUT2D eigenvalue weighted by Gasteiger charge is -2.15. The molecule has 0 unspecified atom stereocenters. The molecule has 2 aromatic heterocycles. The van der Waals surface area contributed by atoms with Crippen LogP contribution in [0, 0.1) is 31.0 Å². The Morgan fingerprint density at radius 3 is 2.46 bits per heavy atom. The first-order valence-corrected chi connectivity index (χ1v) is 12.3. The minimum Gasteiger partial charge on any atom is -0.488 e. The molecule has 0 saturated heterocycles. The Balaban J connectivity index is 1.41. The maximum absolute atomic E-state index is 14.3. The first-order valence-electron chi connectivity index (χ1n) is 12.3. The Kier molecular flexibility index (Phi) is 6.94. The van der Waals surface area contributed by atoms with E-state index in [-0.39, 0.29) is 12.2 Å². The second-order valence-corrected chi connectivity index (χ2v) is 9.13. The van der Waals surface area contributed by atoms with Crippen molar-refractivity contribution >= 4 is 5.97 Å². The van der Waals surface area contributed by atoms with E-state index in [9.17, 15) is 14.3 Å². The van der Waals surface area contributed by atoms with Crippen molar-refractivity contribution < 1.29 is 19.0 Å². The third-order valence-electron chi connectivity index (χ3n) is 6.64. The molecule has 7 heteroatoms. The molecule has 2 heterocycles. The van der Waals surface area contributed by atoms with E-state index in [2.05, 4.69) is 17.1 Å². The second-order valence-electron chi connectivity index (χ2n) is 9.13. The van der Waals surface area contributed by atoms with Crippen molar-refractivity contribution in [1.82, 2.24) is 9.55 Å². The van der Waals surface area contributed by atoms with Gasteiger partial charge in [-0.2, -0.15) is 5.26 Å². The highest BCUT2D eigenvalue weighted by Crippen LogP contribution is 2.32. The Morgan fingerprint density at radius 1 is 1.00 bits per heavy atom. The molecule has 1 N–H and O–H groups in total. The summed E-state index contributed by atoms with van der Waals surface area (Å²) in [6.45, 7) is 3.99. The lowest BCUT2D eigenvalue weighted by Crippen LogP contribution is -2.04. The minimum atomic E-state index is -1.01. The number of hydrogen-bond donors (Lipinski definition) is 1. The molecular formula is C32H24FN3O3. The van der Waals surface area contributed by atoms with Gasteiger partial charge in [-0.05, 0) is 84.6 Å². The normalized spacial score (nSPS) is 10.7. The molecule has 3 aromatic carbocycles. The molecule has 0 bridgehead atoms. The summed E-state index contributed by atoms with van der Waals surface area (Å²) in [4.78, 5) is 16.1. The first kappa shape index (κ1) is 25.4. The molecule has 5 rings (SSSR count). The molecule has 6 nitrogen and oxygen atoms in total. The van der Waals surface area contributed by atoms with Crippen molar-refractivity contribution in [3.8, 4) is 40.0 Å². The van der Waals surface area contributed by atoms with E-state index < -0.39 is 11.8 Å². The third kappa shape index (κ3) is 5.27. The van der Waals surface area contributed by atoms with Crippen LogP contribution in [0.5, 0.6) is 5.75 Å². The quantitative estimate of drug-likeness (QED) is 0.249. The summed E-state index contributed by atoms with van der Waals surface area (Å²) >= 11 is 0. The zero-order chi connectivity index (χ0) is 27.5. The van der Waals surface area contributed by atoms with E-state index in [0.717, 1.165) is 22.3 Å². The topological polar surface area (TPSA) is 88.1 Å². The Labute approximate surface area is 225 Å². The number of halogens is 1. The number of aromatic nitrogens is 2. The van der Waals surface area contributed by atoms with Gasteiger partial charge in [0.15, 0.2) is 0 Å². The van der Waals surface area contributed by atoms with Crippen LogP contribution >= 0.6 is 0 Å². The van der Waals surface area contributed by atoms with E-state index in [1.165, 1.54) is 18.2 Å². The molecular weight excluding hydrogens is 493 g/mol. The van der Waals surface area contributed by atoms with Crippen LogP contribution in [0.4, 0.5) is 4.39 Å². The fourth-order valence-electron chi connectivity index (χ4n) is 4.45. The molecule has 0 spiro atoms. The summed E-state index contributed by atoms with van der Waals surface area (Å²) in [5.41, 5.74) is 6.42. The molecule has 0 aliphatic rings. The van der Waals surface area contributed by atoms with Crippen molar-refractivity contribution in [1.29, 1.82) is 5.26 Å². The smallest absolute Gasteiger partial charge is 0.337 e. The number of aromatic carboxylic acids is 1. The minimum absolute atomic E-state index is 0.192. The van der Waals surface area contributed by atoms with Gasteiger partial charge in [0, 0.05) is 17.5 Å². The Morgan fingerprint density at radius 2 is 1.77 bits per heavy atom. The monoisotopic (exact) mass is 517 g/mol. The van der Waals surface area contributed by atoms with E-state index >= 15 is 0 Å². The largest absolute Gasteiger partial charge is 0.488 e. The van der Waals surface area contributed by atoms with Gasteiger partial charge in [-0.25, -0.2) is 14.2 Å². The highest BCUT2D eigenvalue weighted by atomic mass is 19.1. The van der Waals surface area contributed by atoms with Crippen LogP contribution in [0.1, 0.15) is 32.7 Å². The van der Waals surface area contributed by atoms with Crippen molar-refractivity contribution in [3.05, 3.63) is 125 Å². The van der Waals surface area contributed by atoms with Gasteiger partial charge in [-0.15, -0.1) is 0 Å². The molecule has 39 heavy (non-hydrogen) atoms. The Bertz CT molecular complexity index is 1730. The molecule has 0 amide bonds. The number of aryl methyl sites for hydroxylation is 1. The van der Waals surface area contributed by atoms with Crippen LogP contribution in [-0.2, 0) is 6.61 Å². The van der Waals surface area contributed by atoms with E-state index in [0.29, 0.717) is 34.1 Å². The van der Waals surface area contributed by atoms with Crippen molar-refractivity contribution in [2.45, 2.75) is 20.5 Å². The van der Waals surface area contributed by atoms with Gasteiger partial charge in [0.1, 0.15) is 24.0 Å². The number of nitriles is 1. The molecule has 0 aliphatic carbocycles. The summed E-state index contributed by atoms with van der Waals surface area (Å²) in [5.74, 6) is -0.435. The summed E-state index contributed by atoms with van der Waals surface area (Å²) in [7, 11) is 0. The SMILES string of the molecule is Cc1cc(-c2ccc(C#N)cc2)ccc1COc1ccc(F)cc1-c1cccc(-n2ccc(C(=O)O)c2C)n1. The van der Waals surface area contributed by atoms with Crippen molar-refractivity contribution in [2.24, 2.45) is 0 Å². The van der Waals surface area contributed by atoms with Crippen LogP contribution < -0.4 is 4.74 Å². The van der Waals surface area contributed by atoms with Gasteiger partial charge in [-0.3, -0.25) is 0 Å². The molecule has 192 valence electrons. The summed E-state index contributed by atoms with van der Waals surface area (Å²) in [5, 5.41) is 18.4. The highest BCUT2D eigenvalue weighted by molar-refractivity contribution is 5.89. The fourth-order valence-corrected chi connectivity index (χ4v) is 4.45. The number of benzene rings is 3. The molecule has 0 atom stereocenters. The molecule has 0 saturated carbocycles. The molecule has 5 aromatic rings. The average molecular weight is 518 g/mol. The summed E-state index contributed by atoms with van der Waals surface area (Å²) in [6.07, 6.45) is 1.65. The van der Waals surface area contributed by atoms with Crippen LogP contribution in [0.2, 0.25) is 0 Å². The summed E-state index contributed by atoms with van der Waals surface area (Å²) in [6, 6.07) is 26.8. The van der Waals surface area contributed by atoms with Crippen LogP contribution in [-0.4, -0.2) is 20.6 Å². The van der Waals surface area contributed by atoms with Crippen molar-refractivity contribution in [2.75, 3.05) is 0 Å². The molecule has 0 aliphatic heterocycles. The van der Waals surface area contributed by atoms with Gasteiger partial charge < -0.3 is 14.4 Å². The van der Waals surface area contributed by atoms with Crippen LogP contribution in [0.25, 0.3) is 28.2 Å². The maximum atomic E-state index is 14.3. The number of rotatable bonds is 7. The maximum Gasteiger partial charge on any atom is 0.337 e. The zero-order valence-electron chi connectivity index (χ0n) is 21.4. The van der Waals surface area contributed by atoms with Crippen molar-refractivity contribution in [3.63, 3.8) is 0 Å². The standard InChI is InChI=1S/C32H24FN3O3/c1-20-16-24(23-8-6-22(18-34)7-9-23)10-11-25(20)19-39-30-13-12-26(33)17-28(30)29-4-3-5-31(35-29)36-15-14-27(21(36)2)32(37)38/h3-17H,19H2,1-2H3,(H,37,38). The Hall–Kier alpha value is -5.22. The third-order valence-corrected chi connectivity index (χ3v) is 6.64. The number of carboxylic acids is 1. The average Bonchev–Trinajstić information content (AvgIpc) is 3.34. The predicted octanol–water partition coefficient (Wildman–Crippen LogP) is 7.11. The summed E-state index contributed by atoms with van der Waals surface area (Å²) < 4.78 is 22.2. The zero-order valence-corrected chi connectivity index (χ0v) is 21.4. The predicted molar refractivity (Wildman–Crippen MR) is 146 cm³/mol. The van der Waals surface area contributed by atoms with E-state index in [4.69, 9.17) is 10.00 Å².